The average Bonchev–Trinajstić information content (AvgIpc) is 2.66. The summed E-state index contributed by atoms with van der Waals surface area (Å²) in [5, 5.41) is 0. The van der Waals surface area contributed by atoms with Gasteiger partial charge in [-0.1, -0.05) is 6.92 Å². The monoisotopic (exact) mass is 199 g/mol. The number of likely N-dealkylation sites (tertiary alicyclic amines) is 1. The van der Waals surface area contributed by atoms with Crippen molar-refractivity contribution < 1.29 is 0 Å². The third-order valence-electron chi connectivity index (χ3n) is 2.49. The first-order valence-corrected chi connectivity index (χ1v) is 5.21. The summed E-state index contributed by atoms with van der Waals surface area (Å²) in [7, 11) is 0. The Labute approximate surface area is 85.5 Å². The highest BCUT2D eigenvalue weighted by Crippen LogP contribution is 2.10. The molecule has 82 valence electrons. The van der Waals surface area contributed by atoms with Crippen molar-refractivity contribution in [1.82, 2.24) is 10.3 Å². The molecule has 1 unspecified atom stereocenters. The Bertz CT molecular complexity index is 186. The zero-order valence-corrected chi connectivity index (χ0v) is 8.87. The molecule has 5 nitrogen and oxygen atoms in total. The van der Waals surface area contributed by atoms with Gasteiger partial charge in [0, 0.05) is 13.1 Å². The predicted molar refractivity (Wildman–Crippen MR) is 58.7 cm³/mol. The van der Waals surface area contributed by atoms with Crippen LogP contribution >= 0.6 is 0 Å². The van der Waals surface area contributed by atoms with Crippen LogP contribution in [0.2, 0.25) is 0 Å². The number of nitrogens with one attached hydrogen (secondary N) is 1. The molecule has 0 aromatic carbocycles. The van der Waals surface area contributed by atoms with Crippen molar-refractivity contribution in [2.24, 2.45) is 22.5 Å². The van der Waals surface area contributed by atoms with Crippen molar-refractivity contribution in [3.8, 4) is 0 Å². The van der Waals surface area contributed by atoms with E-state index in [0.717, 1.165) is 13.1 Å². The van der Waals surface area contributed by atoms with Crippen molar-refractivity contribution in [3.05, 3.63) is 0 Å². The van der Waals surface area contributed by atoms with Gasteiger partial charge in [0.05, 0.1) is 0 Å². The minimum absolute atomic E-state index is 0.318. The summed E-state index contributed by atoms with van der Waals surface area (Å²) >= 11 is 0. The molecule has 14 heavy (non-hydrogen) atoms. The molecule has 1 aliphatic heterocycles. The minimum Gasteiger partial charge on any atom is -0.369 e. The Morgan fingerprint density at radius 3 is 2.71 bits per heavy atom. The van der Waals surface area contributed by atoms with Crippen molar-refractivity contribution in [2.75, 3.05) is 26.2 Å². The molecular weight excluding hydrogens is 178 g/mol. The highest BCUT2D eigenvalue weighted by Gasteiger charge is 2.14. The van der Waals surface area contributed by atoms with Gasteiger partial charge in [-0.2, -0.15) is 0 Å². The Balaban J connectivity index is 2.17. The minimum atomic E-state index is 0.318. The van der Waals surface area contributed by atoms with E-state index in [1.54, 1.807) is 0 Å². The van der Waals surface area contributed by atoms with Crippen LogP contribution in [-0.4, -0.2) is 37.0 Å². The van der Waals surface area contributed by atoms with Crippen LogP contribution in [0.25, 0.3) is 0 Å². The zero-order chi connectivity index (χ0) is 10.4. The third kappa shape index (κ3) is 3.93. The van der Waals surface area contributed by atoms with Gasteiger partial charge in [0.25, 0.3) is 0 Å². The summed E-state index contributed by atoms with van der Waals surface area (Å²) in [6.45, 7) is 6.51. The molecule has 1 atom stereocenters. The molecule has 0 radical (unpaired) electrons. The molecule has 0 bridgehead atoms. The molecule has 0 saturated carbocycles. The number of nitrogens with zero attached hydrogens (tertiary/aromatic N) is 2. The molecule has 1 saturated heterocycles. The van der Waals surface area contributed by atoms with Gasteiger partial charge in [-0.25, -0.2) is 5.84 Å². The van der Waals surface area contributed by atoms with Gasteiger partial charge >= 0.3 is 0 Å². The van der Waals surface area contributed by atoms with Crippen LogP contribution in [0.3, 0.4) is 0 Å². The first-order chi connectivity index (χ1) is 6.72. The lowest BCUT2D eigenvalue weighted by atomic mass is 10.2. The number of hydrogen-bond acceptors (Lipinski definition) is 3. The Hall–Kier alpha value is -0.810. The summed E-state index contributed by atoms with van der Waals surface area (Å²) in [5.41, 5.74) is 7.76. The van der Waals surface area contributed by atoms with Crippen LogP contribution in [-0.2, 0) is 0 Å². The topological polar surface area (TPSA) is 79.7 Å². The lowest BCUT2D eigenvalue weighted by Gasteiger charge is -2.18. The Morgan fingerprint density at radius 2 is 2.14 bits per heavy atom. The SMILES string of the molecule is CC(CN=C(N)NN)CN1CCCC1. The van der Waals surface area contributed by atoms with Crippen LogP contribution < -0.4 is 17.0 Å². The maximum Gasteiger partial charge on any atom is 0.203 e. The van der Waals surface area contributed by atoms with E-state index in [9.17, 15) is 0 Å². The van der Waals surface area contributed by atoms with Crippen LogP contribution in [0.4, 0.5) is 0 Å². The van der Waals surface area contributed by atoms with Gasteiger partial charge in [-0.05, 0) is 31.8 Å². The van der Waals surface area contributed by atoms with Gasteiger partial charge in [-0.15, -0.1) is 0 Å². The van der Waals surface area contributed by atoms with Crippen molar-refractivity contribution in [3.63, 3.8) is 0 Å². The first kappa shape index (κ1) is 11.3. The summed E-state index contributed by atoms with van der Waals surface area (Å²) in [6.07, 6.45) is 2.67. The molecule has 1 heterocycles. The fourth-order valence-electron chi connectivity index (χ4n) is 1.76. The molecule has 0 spiro atoms. The summed E-state index contributed by atoms with van der Waals surface area (Å²) in [6, 6.07) is 0. The smallest absolute Gasteiger partial charge is 0.203 e. The van der Waals surface area contributed by atoms with E-state index in [0.29, 0.717) is 11.9 Å². The second kappa shape index (κ2) is 5.82. The van der Waals surface area contributed by atoms with Crippen molar-refractivity contribution in [2.45, 2.75) is 19.8 Å². The van der Waals surface area contributed by atoms with Crippen molar-refractivity contribution in [1.29, 1.82) is 0 Å². The zero-order valence-electron chi connectivity index (χ0n) is 8.87. The van der Waals surface area contributed by atoms with E-state index in [1.165, 1.54) is 25.9 Å². The molecule has 5 N–H and O–H groups in total. The van der Waals surface area contributed by atoms with Crippen molar-refractivity contribution >= 4 is 5.96 Å². The van der Waals surface area contributed by atoms with E-state index >= 15 is 0 Å². The predicted octanol–water partition coefficient (Wildman–Crippen LogP) is -0.504. The number of hydrazine groups is 1. The number of hydrogen-bond donors (Lipinski definition) is 3. The number of aliphatic imine (C=N–C) groups is 1. The largest absolute Gasteiger partial charge is 0.369 e. The van der Waals surface area contributed by atoms with Gasteiger partial charge in [0.1, 0.15) is 0 Å². The fourth-order valence-corrected chi connectivity index (χ4v) is 1.76. The Morgan fingerprint density at radius 1 is 1.50 bits per heavy atom. The number of rotatable bonds is 4. The molecule has 0 aliphatic carbocycles. The van der Waals surface area contributed by atoms with Gasteiger partial charge < -0.3 is 10.6 Å². The molecule has 0 aromatic heterocycles. The van der Waals surface area contributed by atoms with Crippen LogP contribution in [0, 0.1) is 5.92 Å². The summed E-state index contributed by atoms with van der Waals surface area (Å²) in [5.74, 6) is 5.97. The summed E-state index contributed by atoms with van der Waals surface area (Å²) in [4.78, 5) is 6.59. The van der Waals surface area contributed by atoms with Crippen LogP contribution in [0.5, 0.6) is 0 Å². The lowest BCUT2D eigenvalue weighted by molar-refractivity contribution is 0.291. The first-order valence-electron chi connectivity index (χ1n) is 5.21. The van der Waals surface area contributed by atoms with E-state index in [1.807, 2.05) is 0 Å². The van der Waals surface area contributed by atoms with Gasteiger partial charge in [-0.3, -0.25) is 10.4 Å². The molecule has 1 aliphatic rings. The van der Waals surface area contributed by atoms with E-state index < -0.39 is 0 Å². The number of guanidine groups is 1. The Kier molecular flexibility index (Phi) is 4.69. The third-order valence-corrected chi connectivity index (χ3v) is 2.49. The van der Waals surface area contributed by atoms with Gasteiger partial charge in [0.15, 0.2) is 0 Å². The molecule has 0 aromatic rings. The average molecular weight is 199 g/mol. The quantitative estimate of drug-likeness (QED) is 0.247. The van der Waals surface area contributed by atoms with Gasteiger partial charge in [0.2, 0.25) is 5.96 Å². The normalized spacial score (nSPS) is 21.1. The second-order valence-corrected chi connectivity index (χ2v) is 3.98. The standard InChI is InChI=1S/C9H21N5/c1-8(6-12-9(10)13-11)7-14-4-2-3-5-14/h8H,2-7,11H2,1H3,(H3,10,12,13). The molecular formula is C9H21N5. The second-order valence-electron chi connectivity index (χ2n) is 3.98. The fraction of sp³-hybridized carbons (Fsp3) is 0.889. The number of nitrogens with two attached hydrogens (primary N) is 2. The van der Waals surface area contributed by atoms with Crippen LogP contribution in [0.15, 0.2) is 4.99 Å². The summed E-state index contributed by atoms with van der Waals surface area (Å²) < 4.78 is 0. The molecule has 1 fully saturated rings. The van der Waals surface area contributed by atoms with Crippen LogP contribution in [0.1, 0.15) is 19.8 Å². The van der Waals surface area contributed by atoms with E-state index in [2.05, 4.69) is 22.2 Å². The highest BCUT2D eigenvalue weighted by atomic mass is 15.3. The molecule has 5 heteroatoms. The maximum atomic E-state index is 5.43. The molecule has 1 rings (SSSR count). The highest BCUT2D eigenvalue weighted by molar-refractivity contribution is 5.77. The maximum absolute atomic E-state index is 5.43. The van der Waals surface area contributed by atoms with E-state index in [4.69, 9.17) is 11.6 Å². The lowest BCUT2D eigenvalue weighted by Crippen LogP contribution is -2.37. The molecule has 0 amide bonds. The van der Waals surface area contributed by atoms with E-state index in [-0.39, 0.29) is 0 Å².